The van der Waals surface area contributed by atoms with Gasteiger partial charge in [0.25, 0.3) is 0 Å². The molecule has 8 heteroatoms. The lowest BCUT2D eigenvalue weighted by Crippen LogP contribution is -2.46. The van der Waals surface area contributed by atoms with Gasteiger partial charge in [-0.1, -0.05) is 30.3 Å². The van der Waals surface area contributed by atoms with E-state index in [9.17, 15) is 8.42 Å². The van der Waals surface area contributed by atoms with Crippen LogP contribution in [0.3, 0.4) is 0 Å². The second-order valence-electron chi connectivity index (χ2n) is 8.72. The Bertz CT molecular complexity index is 967. The lowest BCUT2D eigenvalue weighted by Gasteiger charge is -2.33. The Hall–Kier alpha value is -2.39. The van der Waals surface area contributed by atoms with E-state index < -0.39 is 21.4 Å². The highest BCUT2D eigenvalue weighted by Gasteiger charge is 2.40. The van der Waals surface area contributed by atoms with Gasteiger partial charge in [-0.05, 0) is 61.1 Å². The summed E-state index contributed by atoms with van der Waals surface area (Å²) in [5.74, 6) is 1.44. The molecule has 0 N–H and O–H groups in total. The van der Waals surface area contributed by atoms with E-state index in [4.69, 9.17) is 18.9 Å². The van der Waals surface area contributed by atoms with Crippen LogP contribution >= 0.6 is 0 Å². The maximum Gasteiger partial charge on any atom is 0.220 e. The minimum atomic E-state index is -3.79. The van der Waals surface area contributed by atoms with Crippen molar-refractivity contribution < 1.29 is 27.4 Å². The van der Waals surface area contributed by atoms with Crippen molar-refractivity contribution >= 4 is 10.0 Å². The predicted octanol–water partition coefficient (Wildman–Crippen LogP) is 4.56. The minimum absolute atomic E-state index is 0.0962. The Morgan fingerprint density at radius 1 is 1.00 bits per heavy atom. The molecule has 0 aromatic heterocycles. The Balaban J connectivity index is 1.96. The number of ether oxygens (including phenoxy) is 4. The van der Waals surface area contributed by atoms with E-state index in [1.54, 1.807) is 31.7 Å². The van der Waals surface area contributed by atoms with Crippen molar-refractivity contribution in [2.45, 2.75) is 56.2 Å². The van der Waals surface area contributed by atoms with Crippen molar-refractivity contribution in [3.05, 3.63) is 72.3 Å². The number of nitrogens with zero attached hydrogens (tertiary/aromatic N) is 1. The molecule has 35 heavy (non-hydrogen) atoms. The third-order valence-electron chi connectivity index (χ3n) is 6.41. The van der Waals surface area contributed by atoms with Crippen LogP contribution in [-0.2, 0) is 32.6 Å². The SMILES string of the molecule is C=CC[C@H](OC)[C@H](CC1CCCO1)S(=O)(=O)N(Cc1ccc(OC)cc1)Cc1ccc(OC)cc1. The van der Waals surface area contributed by atoms with Gasteiger partial charge in [-0.3, -0.25) is 0 Å². The second-order valence-corrected chi connectivity index (χ2v) is 10.9. The normalized spacial score (nSPS) is 17.8. The van der Waals surface area contributed by atoms with Gasteiger partial charge in [0.05, 0.1) is 26.4 Å². The van der Waals surface area contributed by atoms with Gasteiger partial charge in [0.2, 0.25) is 10.0 Å². The van der Waals surface area contributed by atoms with Gasteiger partial charge >= 0.3 is 0 Å². The van der Waals surface area contributed by atoms with E-state index in [0.717, 1.165) is 35.5 Å². The fraction of sp³-hybridized carbons (Fsp3) is 0.481. The predicted molar refractivity (Wildman–Crippen MR) is 137 cm³/mol. The molecule has 3 rings (SSSR count). The number of methoxy groups -OCH3 is 3. The molecule has 2 aromatic carbocycles. The van der Waals surface area contributed by atoms with Gasteiger partial charge in [0.15, 0.2) is 0 Å². The molecular formula is C27H37NO6S. The minimum Gasteiger partial charge on any atom is -0.497 e. The zero-order valence-electron chi connectivity index (χ0n) is 20.9. The van der Waals surface area contributed by atoms with Crippen LogP contribution in [-0.4, -0.2) is 58.1 Å². The second kappa shape index (κ2) is 13.1. The molecule has 1 heterocycles. The van der Waals surface area contributed by atoms with E-state index in [2.05, 4.69) is 6.58 Å². The molecule has 1 aliphatic heterocycles. The standard InChI is InChI=1S/C27H37NO6S/c1-5-7-26(33-4)27(18-25-8-6-17-34-25)35(29,30)28(19-21-9-13-23(31-2)14-10-21)20-22-11-15-24(32-3)16-12-22/h5,9-16,25-27H,1,6-8,17-20H2,2-4H3/t25?,26-,27-/m0/s1. The number of sulfonamides is 1. The van der Waals surface area contributed by atoms with Gasteiger partial charge < -0.3 is 18.9 Å². The molecule has 2 aromatic rings. The van der Waals surface area contributed by atoms with Crippen LogP contribution < -0.4 is 9.47 Å². The molecule has 3 atom stereocenters. The van der Waals surface area contributed by atoms with Crippen LogP contribution in [0.25, 0.3) is 0 Å². The number of benzene rings is 2. The molecule has 1 unspecified atom stereocenters. The summed E-state index contributed by atoms with van der Waals surface area (Å²) in [7, 11) is 0.979. The number of rotatable bonds is 14. The zero-order valence-corrected chi connectivity index (χ0v) is 21.7. The quantitative estimate of drug-likeness (QED) is 0.352. The van der Waals surface area contributed by atoms with Crippen molar-refractivity contribution in [2.75, 3.05) is 27.9 Å². The molecule has 0 aliphatic carbocycles. The van der Waals surface area contributed by atoms with Crippen LogP contribution in [0.15, 0.2) is 61.2 Å². The molecule has 0 amide bonds. The van der Waals surface area contributed by atoms with Crippen molar-refractivity contribution in [3.63, 3.8) is 0 Å². The van der Waals surface area contributed by atoms with Gasteiger partial charge in [-0.15, -0.1) is 6.58 Å². The molecule has 0 spiro atoms. The third-order valence-corrected chi connectivity index (χ3v) is 8.65. The first-order valence-electron chi connectivity index (χ1n) is 11.9. The van der Waals surface area contributed by atoms with Crippen LogP contribution in [0.2, 0.25) is 0 Å². The van der Waals surface area contributed by atoms with Crippen molar-refractivity contribution in [1.82, 2.24) is 4.31 Å². The van der Waals surface area contributed by atoms with E-state index in [1.165, 1.54) is 0 Å². The topological polar surface area (TPSA) is 74.3 Å². The first-order valence-corrected chi connectivity index (χ1v) is 13.4. The van der Waals surface area contributed by atoms with Crippen molar-refractivity contribution in [2.24, 2.45) is 0 Å². The summed E-state index contributed by atoms with van der Waals surface area (Å²) in [6.07, 6.45) is 3.72. The number of hydrogen-bond donors (Lipinski definition) is 0. The summed E-state index contributed by atoms with van der Waals surface area (Å²) in [5, 5.41) is -0.759. The number of hydrogen-bond acceptors (Lipinski definition) is 6. The smallest absolute Gasteiger partial charge is 0.220 e. The van der Waals surface area contributed by atoms with Crippen molar-refractivity contribution in [3.8, 4) is 11.5 Å². The lowest BCUT2D eigenvalue weighted by atomic mass is 10.0. The monoisotopic (exact) mass is 503 g/mol. The first kappa shape index (κ1) is 27.2. The van der Waals surface area contributed by atoms with E-state index in [-0.39, 0.29) is 19.2 Å². The van der Waals surface area contributed by atoms with Crippen LogP contribution in [0.1, 0.15) is 36.8 Å². The Labute approximate surface area is 209 Å². The summed E-state index contributed by atoms with van der Waals surface area (Å²) >= 11 is 0. The average Bonchev–Trinajstić information content (AvgIpc) is 3.40. The molecule has 1 aliphatic rings. The van der Waals surface area contributed by atoms with Crippen molar-refractivity contribution in [1.29, 1.82) is 0 Å². The third kappa shape index (κ3) is 7.30. The highest BCUT2D eigenvalue weighted by atomic mass is 32.2. The highest BCUT2D eigenvalue weighted by Crippen LogP contribution is 2.29. The maximum atomic E-state index is 14.3. The Morgan fingerprint density at radius 3 is 1.94 bits per heavy atom. The lowest BCUT2D eigenvalue weighted by molar-refractivity contribution is 0.0617. The molecule has 0 bridgehead atoms. The zero-order chi connectivity index (χ0) is 25.3. The largest absolute Gasteiger partial charge is 0.497 e. The van der Waals surface area contributed by atoms with Gasteiger partial charge in [0.1, 0.15) is 16.7 Å². The van der Waals surface area contributed by atoms with Gasteiger partial charge in [-0.2, -0.15) is 4.31 Å². The van der Waals surface area contributed by atoms with Crippen LogP contribution in [0, 0.1) is 0 Å². The first-order chi connectivity index (χ1) is 16.9. The highest BCUT2D eigenvalue weighted by molar-refractivity contribution is 7.89. The Kier molecular flexibility index (Phi) is 10.2. The summed E-state index contributed by atoms with van der Waals surface area (Å²) in [4.78, 5) is 0. The average molecular weight is 504 g/mol. The Morgan fingerprint density at radius 2 is 1.54 bits per heavy atom. The van der Waals surface area contributed by atoms with Crippen LogP contribution in [0.5, 0.6) is 11.5 Å². The molecule has 0 radical (unpaired) electrons. The summed E-state index contributed by atoms with van der Waals surface area (Å²) in [6.45, 7) is 4.93. The molecule has 7 nitrogen and oxygen atoms in total. The fourth-order valence-electron chi connectivity index (χ4n) is 4.42. The van der Waals surface area contributed by atoms with E-state index in [0.29, 0.717) is 19.4 Å². The summed E-state index contributed by atoms with van der Waals surface area (Å²) < 4.78 is 52.1. The van der Waals surface area contributed by atoms with E-state index in [1.807, 2.05) is 48.5 Å². The molecule has 1 fully saturated rings. The fourth-order valence-corrected chi connectivity index (χ4v) is 6.52. The maximum absolute atomic E-state index is 14.3. The summed E-state index contributed by atoms with van der Waals surface area (Å²) in [5.41, 5.74) is 1.74. The molecular weight excluding hydrogens is 466 g/mol. The van der Waals surface area contributed by atoms with Gasteiger partial charge in [0, 0.05) is 26.8 Å². The molecule has 192 valence electrons. The molecule has 0 saturated carbocycles. The summed E-state index contributed by atoms with van der Waals surface area (Å²) in [6, 6.07) is 14.9. The van der Waals surface area contributed by atoms with Gasteiger partial charge in [-0.25, -0.2) is 8.42 Å². The van der Waals surface area contributed by atoms with Crippen LogP contribution in [0.4, 0.5) is 0 Å². The van der Waals surface area contributed by atoms with E-state index >= 15 is 0 Å². The molecule has 1 saturated heterocycles.